The van der Waals surface area contributed by atoms with Gasteiger partial charge < -0.3 is 14.8 Å². The summed E-state index contributed by atoms with van der Waals surface area (Å²) in [7, 11) is 0. The Morgan fingerprint density at radius 1 is 1.22 bits per heavy atom. The van der Waals surface area contributed by atoms with Crippen molar-refractivity contribution < 1.29 is 14.3 Å². The summed E-state index contributed by atoms with van der Waals surface area (Å²) in [6, 6.07) is 3.54. The highest BCUT2D eigenvalue weighted by atomic mass is 16.5. The number of nitrogens with one attached hydrogen (secondary N) is 1. The second-order valence-corrected chi connectivity index (χ2v) is 5.81. The van der Waals surface area contributed by atoms with Crippen LogP contribution < -0.4 is 10.1 Å². The lowest BCUT2D eigenvalue weighted by Crippen LogP contribution is -2.43. The first-order valence-corrected chi connectivity index (χ1v) is 8.60. The zero-order valence-electron chi connectivity index (χ0n) is 14.9. The van der Waals surface area contributed by atoms with Gasteiger partial charge in [-0.1, -0.05) is 33.1 Å². The van der Waals surface area contributed by atoms with Crippen LogP contribution >= 0.6 is 0 Å². The fourth-order valence-corrected chi connectivity index (χ4v) is 2.24. The molecular formula is C18H30N2O3. The van der Waals surface area contributed by atoms with Crippen LogP contribution in [0.25, 0.3) is 0 Å². The lowest BCUT2D eigenvalue weighted by atomic mass is 9.96. The Hall–Kier alpha value is -1.62. The van der Waals surface area contributed by atoms with Crippen LogP contribution in [0.5, 0.6) is 5.88 Å². The minimum absolute atomic E-state index is 0.118. The lowest BCUT2D eigenvalue weighted by molar-refractivity contribution is -0.140. The summed E-state index contributed by atoms with van der Waals surface area (Å²) in [4.78, 5) is 16.8. The molecule has 1 N–H and O–H groups in total. The molecule has 1 amide bonds. The van der Waals surface area contributed by atoms with E-state index in [9.17, 15) is 4.79 Å². The third-order valence-electron chi connectivity index (χ3n) is 3.65. The number of anilines is 1. The number of carbonyl (C=O) groups excluding carboxylic acids is 1. The van der Waals surface area contributed by atoms with Crippen LogP contribution in [0, 0.1) is 0 Å². The van der Waals surface area contributed by atoms with Gasteiger partial charge in [0.15, 0.2) is 0 Å². The summed E-state index contributed by atoms with van der Waals surface area (Å²) in [6.07, 6.45) is 6.41. The van der Waals surface area contributed by atoms with Gasteiger partial charge in [-0.25, -0.2) is 4.98 Å². The molecule has 0 bridgehead atoms. The number of amides is 1. The van der Waals surface area contributed by atoms with Crippen molar-refractivity contribution in [2.75, 3.05) is 18.5 Å². The van der Waals surface area contributed by atoms with Crippen LogP contribution in [0.1, 0.15) is 59.8 Å². The maximum absolute atomic E-state index is 12.6. The molecule has 0 fully saturated rings. The summed E-state index contributed by atoms with van der Waals surface area (Å²) in [5, 5.41) is 2.91. The third-order valence-corrected chi connectivity index (χ3v) is 3.65. The van der Waals surface area contributed by atoms with E-state index in [2.05, 4.69) is 17.2 Å². The van der Waals surface area contributed by atoms with E-state index in [0.29, 0.717) is 24.8 Å². The number of carbonyl (C=O) groups is 1. The van der Waals surface area contributed by atoms with Crippen molar-refractivity contribution in [1.82, 2.24) is 4.98 Å². The second kappa shape index (κ2) is 10.2. The molecule has 1 aromatic rings. The van der Waals surface area contributed by atoms with Crippen LogP contribution in [0.2, 0.25) is 0 Å². The summed E-state index contributed by atoms with van der Waals surface area (Å²) in [6.45, 7) is 9.12. The monoisotopic (exact) mass is 322 g/mol. The standard InChI is InChI=1S/C18H30N2O3/c1-5-8-9-12-18(4,23-13-6-2)17(21)20-15-10-11-16(19-14-15)22-7-3/h10-11,14H,5-9,12-13H2,1-4H3,(H,20,21)/t18-/m1/s1. The molecule has 1 atom stereocenters. The highest BCUT2D eigenvalue weighted by molar-refractivity contribution is 5.96. The zero-order valence-corrected chi connectivity index (χ0v) is 14.9. The van der Waals surface area contributed by atoms with Gasteiger partial charge in [0.1, 0.15) is 5.60 Å². The average Bonchev–Trinajstić information content (AvgIpc) is 2.55. The second-order valence-electron chi connectivity index (χ2n) is 5.81. The Kier molecular flexibility index (Phi) is 8.62. The Morgan fingerprint density at radius 2 is 2.00 bits per heavy atom. The molecule has 23 heavy (non-hydrogen) atoms. The van der Waals surface area contributed by atoms with Crippen molar-refractivity contribution in [2.45, 2.75) is 65.4 Å². The molecule has 0 radical (unpaired) electrons. The topological polar surface area (TPSA) is 60.5 Å². The van der Waals surface area contributed by atoms with Gasteiger partial charge in [0.2, 0.25) is 5.88 Å². The first-order chi connectivity index (χ1) is 11.1. The number of unbranched alkanes of at least 4 members (excludes halogenated alkanes) is 2. The van der Waals surface area contributed by atoms with Gasteiger partial charge in [0.25, 0.3) is 5.91 Å². The zero-order chi connectivity index (χ0) is 17.1. The molecule has 5 heteroatoms. The molecule has 0 aliphatic rings. The maximum atomic E-state index is 12.6. The molecule has 0 aliphatic heterocycles. The van der Waals surface area contributed by atoms with Crippen molar-refractivity contribution in [1.29, 1.82) is 0 Å². The maximum Gasteiger partial charge on any atom is 0.256 e. The van der Waals surface area contributed by atoms with E-state index in [1.165, 1.54) is 0 Å². The molecular weight excluding hydrogens is 292 g/mol. The van der Waals surface area contributed by atoms with Gasteiger partial charge >= 0.3 is 0 Å². The van der Waals surface area contributed by atoms with E-state index >= 15 is 0 Å². The number of rotatable bonds is 11. The van der Waals surface area contributed by atoms with Gasteiger partial charge in [-0.2, -0.15) is 0 Å². The van der Waals surface area contributed by atoms with E-state index in [4.69, 9.17) is 9.47 Å². The van der Waals surface area contributed by atoms with Crippen LogP contribution in [0.15, 0.2) is 18.3 Å². The Morgan fingerprint density at radius 3 is 2.57 bits per heavy atom. The normalized spacial score (nSPS) is 13.4. The SMILES string of the molecule is CCCCC[C@@](C)(OCCC)C(=O)Nc1ccc(OCC)nc1. The van der Waals surface area contributed by atoms with Crippen LogP contribution in [0.4, 0.5) is 5.69 Å². The Bertz CT molecular complexity index is 462. The number of nitrogens with zero attached hydrogens (tertiary/aromatic N) is 1. The molecule has 0 aromatic carbocycles. The van der Waals surface area contributed by atoms with E-state index in [0.717, 1.165) is 32.1 Å². The first kappa shape index (κ1) is 19.4. The van der Waals surface area contributed by atoms with Gasteiger partial charge in [0, 0.05) is 12.7 Å². The first-order valence-electron chi connectivity index (χ1n) is 8.60. The fourth-order valence-electron chi connectivity index (χ4n) is 2.24. The number of ether oxygens (including phenoxy) is 2. The van der Waals surface area contributed by atoms with E-state index < -0.39 is 5.60 Å². The molecule has 0 saturated heterocycles. The average molecular weight is 322 g/mol. The van der Waals surface area contributed by atoms with E-state index in [-0.39, 0.29) is 5.91 Å². The summed E-state index contributed by atoms with van der Waals surface area (Å²) in [5.74, 6) is 0.437. The van der Waals surface area contributed by atoms with Gasteiger partial charge in [-0.15, -0.1) is 0 Å². The van der Waals surface area contributed by atoms with Gasteiger partial charge in [0.05, 0.1) is 18.5 Å². The molecule has 0 aliphatic carbocycles. The quantitative estimate of drug-likeness (QED) is 0.621. The van der Waals surface area contributed by atoms with E-state index in [1.807, 2.05) is 20.8 Å². The predicted octanol–water partition coefficient (Wildman–Crippen LogP) is 4.18. The van der Waals surface area contributed by atoms with Crippen molar-refractivity contribution >= 4 is 11.6 Å². The molecule has 1 rings (SSSR count). The number of pyridine rings is 1. The molecule has 0 unspecified atom stereocenters. The van der Waals surface area contributed by atoms with Crippen molar-refractivity contribution in [3.05, 3.63) is 18.3 Å². The fraction of sp³-hybridized carbons (Fsp3) is 0.667. The largest absolute Gasteiger partial charge is 0.478 e. The van der Waals surface area contributed by atoms with Crippen molar-refractivity contribution in [3.8, 4) is 5.88 Å². The summed E-state index contributed by atoms with van der Waals surface area (Å²) < 4.78 is 11.2. The minimum atomic E-state index is -0.802. The van der Waals surface area contributed by atoms with Crippen molar-refractivity contribution in [3.63, 3.8) is 0 Å². The Labute approximate surface area is 139 Å². The van der Waals surface area contributed by atoms with Gasteiger partial charge in [-0.05, 0) is 32.8 Å². The number of aromatic nitrogens is 1. The van der Waals surface area contributed by atoms with Crippen molar-refractivity contribution in [2.24, 2.45) is 0 Å². The lowest BCUT2D eigenvalue weighted by Gasteiger charge is -2.28. The Balaban J connectivity index is 2.70. The molecule has 1 heterocycles. The molecule has 0 spiro atoms. The summed E-state index contributed by atoms with van der Waals surface area (Å²) >= 11 is 0. The third kappa shape index (κ3) is 6.57. The molecule has 5 nitrogen and oxygen atoms in total. The van der Waals surface area contributed by atoms with E-state index in [1.54, 1.807) is 18.3 Å². The highest BCUT2D eigenvalue weighted by Crippen LogP contribution is 2.23. The number of hydrogen-bond acceptors (Lipinski definition) is 4. The minimum Gasteiger partial charge on any atom is -0.478 e. The van der Waals surface area contributed by atoms with Crippen LogP contribution in [-0.2, 0) is 9.53 Å². The summed E-state index contributed by atoms with van der Waals surface area (Å²) in [5.41, 5.74) is -0.149. The highest BCUT2D eigenvalue weighted by Gasteiger charge is 2.33. The van der Waals surface area contributed by atoms with Crippen LogP contribution in [0.3, 0.4) is 0 Å². The van der Waals surface area contributed by atoms with Crippen LogP contribution in [-0.4, -0.2) is 29.7 Å². The smallest absolute Gasteiger partial charge is 0.256 e. The molecule has 1 aromatic heterocycles. The molecule has 130 valence electrons. The predicted molar refractivity (Wildman–Crippen MR) is 92.8 cm³/mol. The molecule has 0 saturated carbocycles. The number of hydrogen-bond donors (Lipinski definition) is 1. The van der Waals surface area contributed by atoms with Gasteiger partial charge in [-0.3, -0.25) is 4.79 Å².